The third-order valence-electron chi connectivity index (χ3n) is 3.72. The Balaban J connectivity index is 1.51. The predicted octanol–water partition coefficient (Wildman–Crippen LogP) is 4.39. The molecule has 1 fully saturated rings. The first-order chi connectivity index (χ1) is 10.3. The number of nitrogens with zero attached hydrogens (tertiary/aromatic N) is 1. The van der Waals surface area contributed by atoms with Gasteiger partial charge >= 0.3 is 6.03 Å². The molecule has 1 aromatic rings. The third-order valence-corrected chi connectivity index (χ3v) is 3.72. The summed E-state index contributed by atoms with van der Waals surface area (Å²) in [6.45, 7) is 2.96. The molecule has 116 valence electrons. The number of carbonyl (C=O) groups excluding carboxylic acids is 1. The van der Waals surface area contributed by atoms with Gasteiger partial charge in [-0.2, -0.15) is 5.06 Å². The van der Waals surface area contributed by atoms with Gasteiger partial charge in [-0.3, -0.25) is 0 Å². The van der Waals surface area contributed by atoms with E-state index in [2.05, 4.69) is 12.2 Å². The van der Waals surface area contributed by atoms with Crippen molar-refractivity contribution in [2.24, 2.45) is 0 Å². The van der Waals surface area contributed by atoms with E-state index >= 15 is 0 Å². The van der Waals surface area contributed by atoms with Crippen LogP contribution in [0.4, 0.5) is 4.79 Å². The predicted molar refractivity (Wildman–Crippen MR) is 83.5 cm³/mol. The monoisotopic (exact) mass is 290 g/mol. The van der Waals surface area contributed by atoms with Crippen LogP contribution in [0, 0.1) is 0 Å². The molecule has 0 aromatic heterocycles. The van der Waals surface area contributed by atoms with Gasteiger partial charge in [-0.15, -0.1) is 0 Å². The zero-order chi connectivity index (χ0) is 14.9. The Morgan fingerprint density at radius 1 is 1.10 bits per heavy atom. The van der Waals surface area contributed by atoms with Gasteiger partial charge in [0.05, 0.1) is 0 Å². The van der Waals surface area contributed by atoms with Crippen molar-refractivity contribution in [2.45, 2.75) is 58.1 Å². The minimum atomic E-state index is -0.208. The number of unbranched alkanes of at least 4 members (excludes halogenated alkanes) is 6. The molecule has 1 aromatic carbocycles. The summed E-state index contributed by atoms with van der Waals surface area (Å²) in [7, 11) is 0. The fourth-order valence-corrected chi connectivity index (χ4v) is 2.40. The Morgan fingerprint density at radius 3 is 2.48 bits per heavy atom. The zero-order valence-corrected chi connectivity index (χ0v) is 12.9. The highest BCUT2D eigenvalue weighted by Gasteiger charge is 2.42. The van der Waals surface area contributed by atoms with Crippen molar-refractivity contribution in [1.29, 1.82) is 0 Å². The second-order valence-corrected chi connectivity index (χ2v) is 5.55. The molecule has 0 saturated carbocycles. The van der Waals surface area contributed by atoms with E-state index in [1.807, 2.05) is 30.3 Å². The number of hydrogen-bond acceptors (Lipinski definition) is 2. The summed E-state index contributed by atoms with van der Waals surface area (Å²) >= 11 is 0. The molecule has 1 N–H and O–H groups in total. The minimum absolute atomic E-state index is 0.130. The van der Waals surface area contributed by atoms with Gasteiger partial charge in [0.25, 0.3) is 0 Å². The molecule has 4 nitrogen and oxygen atoms in total. The van der Waals surface area contributed by atoms with Crippen LogP contribution in [-0.2, 0) is 4.84 Å². The summed E-state index contributed by atoms with van der Waals surface area (Å²) in [6.07, 6.45) is 8.56. The number of hydrogen-bond donors (Lipinski definition) is 1. The lowest BCUT2D eigenvalue weighted by Gasteiger charge is -2.04. The van der Waals surface area contributed by atoms with Crippen LogP contribution in [0.25, 0.3) is 0 Å². The van der Waals surface area contributed by atoms with E-state index in [-0.39, 0.29) is 12.3 Å². The van der Waals surface area contributed by atoms with E-state index < -0.39 is 0 Å². The fourth-order valence-electron chi connectivity index (χ4n) is 2.40. The van der Waals surface area contributed by atoms with Gasteiger partial charge in [0.1, 0.15) is 0 Å². The van der Waals surface area contributed by atoms with Crippen molar-refractivity contribution in [3.05, 3.63) is 35.9 Å². The summed E-state index contributed by atoms with van der Waals surface area (Å²) in [5.74, 6) is 0. The molecule has 1 atom stereocenters. The Labute approximate surface area is 127 Å². The Kier molecular flexibility index (Phi) is 6.54. The van der Waals surface area contributed by atoms with E-state index in [9.17, 15) is 4.79 Å². The van der Waals surface area contributed by atoms with Crippen LogP contribution in [0.3, 0.4) is 0 Å². The second kappa shape index (κ2) is 8.67. The molecule has 2 amide bonds. The average molecular weight is 290 g/mol. The Bertz CT molecular complexity index is 422. The molecule has 1 heterocycles. The van der Waals surface area contributed by atoms with Crippen LogP contribution < -0.4 is 5.32 Å². The van der Waals surface area contributed by atoms with Crippen LogP contribution >= 0.6 is 0 Å². The third kappa shape index (κ3) is 5.38. The normalized spacial score (nSPS) is 16.8. The minimum Gasteiger partial charge on any atom is -0.336 e. The van der Waals surface area contributed by atoms with Gasteiger partial charge in [-0.1, -0.05) is 75.8 Å². The average Bonchev–Trinajstić information content (AvgIpc) is 3.31. The maximum Gasteiger partial charge on any atom is 0.344 e. The van der Waals surface area contributed by atoms with Gasteiger partial charge in [0, 0.05) is 12.1 Å². The summed E-state index contributed by atoms with van der Waals surface area (Å²) in [5, 5.41) is 4.31. The molecule has 0 spiro atoms. The Morgan fingerprint density at radius 2 is 1.76 bits per heavy atom. The fraction of sp³-hybridized carbons (Fsp3) is 0.588. The van der Waals surface area contributed by atoms with Gasteiger partial charge in [-0.05, 0) is 6.42 Å². The molecule has 21 heavy (non-hydrogen) atoms. The van der Waals surface area contributed by atoms with Crippen molar-refractivity contribution in [3.8, 4) is 0 Å². The van der Waals surface area contributed by atoms with E-state index in [0.717, 1.165) is 18.5 Å². The van der Waals surface area contributed by atoms with Crippen molar-refractivity contribution in [3.63, 3.8) is 0 Å². The number of urea groups is 1. The van der Waals surface area contributed by atoms with Gasteiger partial charge < -0.3 is 5.32 Å². The van der Waals surface area contributed by atoms with Crippen LogP contribution in [0.5, 0.6) is 0 Å². The van der Waals surface area contributed by atoms with Crippen molar-refractivity contribution in [2.75, 3.05) is 6.54 Å². The highest BCUT2D eigenvalue weighted by Crippen LogP contribution is 2.36. The molecule has 1 unspecified atom stereocenters. The van der Waals surface area contributed by atoms with Crippen LogP contribution in [0.2, 0.25) is 0 Å². The van der Waals surface area contributed by atoms with Gasteiger partial charge in [0.15, 0.2) is 0 Å². The maximum atomic E-state index is 11.9. The topological polar surface area (TPSA) is 44.6 Å². The first-order valence-corrected chi connectivity index (χ1v) is 8.11. The lowest BCUT2D eigenvalue weighted by Crippen LogP contribution is -2.29. The molecule has 0 bridgehead atoms. The first-order valence-electron chi connectivity index (χ1n) is 8.11. The lowest BCUT2D eigenvalue weighted by molar-refractivity contribution is 0.177. The molecular weight excluding hydrogens is 264 g/mol. The molecule has 0 aliphatic carbocycles. The summed E-state index contributed by atoms with van der Waals surface area (Å²) in [6, 6.07) is 9.66. The second-order valence-electron chi connectivity index (χ2n) is 5.55. The molecule has 1 aliphatic heterocycles. The zero-order valence-electron chi connectivity index (χ0n) is 12.9. The molecular formula is C17H26N2O2. The molecule has 1 saturated heterocycles. The number of rotatable bonds is 9. The van der Waals surface area contributed by atoms with E-state index in [4.69, 9.17) is 4.84 Å². The largest absolute Gasteiger partial charge is 0.344 e. The van der Waals surface area contributed by atoms with E-state index in [1.54, 1.807) is 0 Å². The van der Waals surface area contributed by atoms with Crippen molar-refractivity contribution < 1.29 is 9.63 Å². The van der Waals surface area contributed by atoms with Crippen molar-refractivity contribution >= 4 is 6.03 Å². The van der Waals surface area contributed by atoms with Crippen LogP contribution in [-0.4, -0.2) is 17.6 Å². The number of carbonyl (C=O) groups is 1. The summed E-state index contributed by atoms with van der Waals surface area (Å²) in [5.41, 5.74) is 1.02. The SMILES string of the molecule is CCCCCCCCCNC(=O)N1OC1c1ccccc1. The van der Waals surface area contributed by atoms with E-state index in [0.29, 0.717) is 0 Å². The quantitative estimate of drug-likeness (QED) is 0.541. The van der Waals surface area contributed by atoms with Crippen LogP contribution in [0.15, 0.2) is 30.3 Å². The molecule has 2 rings (SSSR count). The molecule has 1 aliphatic rings. The number of benzene rings is 1. The van der Waals surface area contributed by atoms with E-state index in [1.165, 1.54) is 43.6 Å². The standard InChI is InChI=1S/C17H26N2O2/c1-2-3-4-5-6-7-11-14-18-17(20)19-16(21-19)15-12-9-8-10-13-15/h8-10,12-13,16H,2-7,11,14H2,1H3,(H,18,20). The number of amides is 2. The lowest BCUT2D eigenvalue weighted by atomic mass is 10.1. The highest BCUT2D eigenvalue weighted by molar-refractivity contribution is 5.74. The maximum absolute atomic E-state index is 11.9. The Hall–Kier alpha value is -1.55. The van der Waals surface area contributed by atoms with Crippen molar-refractivity contribution in [1.82, 2.24) is 10.4 Å². The first kappa shape index (κ1) is 15.8. The number of nitrogens with one attached hydrogen (secondary N) is 1. The molecule has 0 radical (unpaired) electrons. The summed E-state index contributed by atoms with van der Waals surface area (Å²) in [4.78, 5) is 17.2. The van der Waals surface area contributed by atoms with Gasteiger partial charge in [0.2, 0.25) is 6.23 Å². The van der Waals surface area contributed by atoms with Crippen LogP contribution in [0.1, 0.15) is 63.7 Å². The summed E-state index contributed by atoms with van der Waals surface area (Å²) < 4.78 is 0. The molecule has 4 heteroatoms. The number of hydroxylamine groups is 2. The van der Waals surface area contributed by atoms with Gasteiger partial charge in [-0.25, -0.2) is 9.63 Å². The smallest absolute Gasteiger partial charge is 0.336 e. The highest BCUT2D eigenvalue weighted by atomic mass is 16.8.